The second-order valence-electron chi connectivity index (χ2n) is 6.66. The van der Waals surface area contributed by atoms with Crippen LogP contribution in [0.2, 0.25) is 5.02 Å². The maximum absolute atomic E-state index is 14.4. The van der Waals surface area contributed by atoms with Crippen LogP contribution in [0.3, 0.4) is 0 Å². The fourth-order valence-corrected chi connectivity index (χ4v) is 2.97. The highest BCUT2D eigenvalue weighted by molar-refractivity contribution is 6.30. The van der Waals surface area contributed by atoms with Crippen LogP contribution in [0.25, 0.3) is 5.69 Å². The van der Waals surface area contributed by atoms with Gasteiger partial charge in [-0.3, -0.25) is 4.79 Å². The lowest BCUT2D eigenvalue weighted by Gasteiger charge is -2.11. The van der Waals surface area contributed by atoms with Gasteiger partial charge in [0, 0.05) is 5.02 Å². The summed E-state index contributed by atoms with van der Waals surface area (Å²) in [6.45, 7) is 3.59. The molecule has 3 rings (SSSR count). The summed E-state index contributed by atoms with van der Waals surface area (Å²) >= 11 is 5.94. The Labute approximate surface area is 167 Å². The Hall–Kier alpha value is -2.86. The van der Waals surface area contributed by atoms with Crippen LogP contribution in [-0.2, 0) is 17.8 Å². The maximum atomic E-state index is 14.4. The smallest absolute Gasteiger partial charge is 0.306 e. The van der Waals surface area contributed by atoms with Crippen molar-refractivity contribution in [2.24, 2.45) is 5.92 Å². The van der Waals surface area contributed by atoms with Crippen molar-refractivity contribution in [1.82, 2.24) is 9.78 Å². The predicted molar refractivity (Wildman–Crippen MR) is 105 cm³/mol. The lowest BCUT2D eigenvalue weighted by Crippen LogP contribution is -2.12. The van der Waals surface area contributed by atoms with Crippen LogP contribution < -0.4 is 4.74 Å². The molecular formula is C21H20ClFN2O3. The van der Waals surface area contributed by atoms with Crippen LogP contribution in [-0.4, -0.2) is 20.9 Å². The van der Waals surface area contributed by atoms with E-state index in [-0.39, 0.29) is 18.8 Å². The van der Waals surface area contributed by atoms with E-state index in [2.05, 4.69) is 5.10 Å². The molecule has 1 heterocycles. The van der Waals surface area contributed by atoms with Gasteiger partial charge in [-0.15, -0.1) is 0 Å². The van der Waals surface area contributed by atoms with Gasteiger partial charge in [0.1, 0.15) is 6.61 Å². The van der Waals surface area contributed by atoms with E-state index in [9.17, 15) is 9.18 Å². The van der Waals surface area contributed by atoms with Crippen molar-refractivity contribution >= 4 is 17.6 Å². The Kier molecular flexibility index (Phi) is 5.99. The number of aliphatic carboxylic acids is 1. The zero-order chi connectivity index (χ0) is 20.3. The number of benzene rings is 2. The highest BCUT2D eigenvalue weighted by Crippen LogP contribution is 2.23. The molecule has 1 N–H and O–H groups in total. The second-order valence-corrected chi connectivity index (χ2v) is 7.10. The molecule has 0 spiro atoms. The van der Waals surface area contributed by atoms with Crippen molar-refractivity contribution in [3.05, 3.63) is 76.3 Å². The third kappa shape index (κ3) is 4.70. The number of hydrogen-bond acceptors (Lipinski definition) is 3. The SMILES string of the molecule is Cc1cc(COc2ccc(CC(C)C(=O)O)cc2F)n(-c2ccc(Cl)cc2)n1. The number of carboxylic acid groups (broad SMARTS) is 1. The first-order valence-electron chi connectivity index (χ1n) is 8.79. The number of rotatable bonds is 7. The Morgan fingerprint density at radius 2 is 1.96 bits per heavy atom. The normalized spacial score (nSPS) is 12.0. The Bertz CT molecular complexity index is 986. The molecule has 1 atom stereocenters. The van der Waals surface area contributed by atoms with E-state index in [0.717, 1.165) is 17.1 Å². The van der Waals surface area contributed by atoms with Gasteiger partial charge in [-0.05, 0) is 61.4 Å². The fraction of sp³-hybridized carbons (Fsp3) is 0.238. The molecule has 0 aliphatic heterocycles. The van der Waals surface area contributed by atoms with E-state index >= 15 is 0 Å². The van der Waals surface area contributed by atoms with Crippen LogP contribution >= 0.6 is 11.6 Å². The number of aryl methyl sites for hydroxylation is 1. The highest BCUT2D eigenvalue weighted by atomic mass is 35.5. The number of halogens is 2. The number of carbonyl (C=O) groups is 1. The molecule has 28 heavy (non-hydrogen) atoms. The van der Waals surface area contributed by atoms with Gasteiger partial charge in [0.25, 0.3) is 0 Å². The van der Waals surface area contributed by atoms with E-state index < -0.39 is 17.7 Å². The molecule has 7 heteroatoms. The third-order valence-corrected chi connectivity index (χ3v) is 4.56. The molecule has 0 saturated heterocycles. The van der Waals surface area contributed by atoms with E-state index in [1.165, 1.54) is 12.1 Å². The zero-order valence-electron chi connectivity index (χ0n) is 15.5. The summed E-state index contributed by atoms with van der Waals surface area (Å²) in [7, 11) is 0. The fourth-order valence-electron chi connectivity index (χ4n) is 2.84. The monoisotopic (exact) mass is 402 g/mol. The van der Waals surface area contributed by atoms with Gasteiger partial charge in [-0.2, -0.15) is 5.10 Å². The number of ether oxygens (including phenoxy) is 1. The average Bonchev–Trinajstić information content (AvgIpc) is 3.02. The van der Waals surface area contributed by atoms with Crippen LogP contribution in [0, 0.1) is 18.7 Å². The summed E-state index contributed by atoms with van der Waals surface area (Å²) in [5.74, 6) is -1.91. The van der Waals surface area contributed by atoms with E-state index in [0.29, 0.717) is 10.6 Å². The Balaban J connectivity index is 1.74. The minimum Gasteiger partial charge on any atom is -0.484 e. The second kappa shape index (κ2) is 8.44. The summed E-state index contributed by atoms with van der Waals surface area (Å²) in [6.07, 6.45) is 0.259. The van der Waals surface area contributed by atoms with Gasteiger partial charge < -0.3 is 9.84 Å². The minimum absolute atomic E-state index is 0.105. The number of aromatic nitrogens is 2. The van der Waals surface area contributed by atoms with Crippen molar-refractivity contribution in [3.63, 3.8) is 0 Å². The molecule has 3 aromatic rings. The van der Waals surface area contributed by atoms with E-state index in [1.807, 2.05) is 25.1 Å². The molecule has 0 aliphatic rings. The molecule has 0 bridgehead atoms. The van der Waals surface area contributed by atoms with Crippen molar-refractivity contribution < 1.29 is 19.0 Å². The average molecular weight is 403 g/mol. The first-order chi connectivity index (χ1) is 13.3. The number of carboxylic acids is 1. The predicted octanol–water partition coefficient (Wildman–Crippen LogP) is 4.82. The highest BCUT2D eigenvalue weighted by Gasteiger charge is 2.14. The summed E-state index contributed by atoms with van der Waals surface area (Å²) in [5, 5.41) is 14.1. The van der Waals surface area contributed by atoms with Gasteiger partial charge >= 0.3 is 5.97 Å². The molecule has 0 saturated carbocycles. The van der Waals surface area contributed by atoms with Gasteiger partial charge in [-0.25, -0.2) is 9.07 Å². The molecule has 0 radical (unpaired) electrons. The molecule has 1 aromatic heterocycles. The maximum Gasteiger partial charge on any atom is 0.306 e. The minimum atomic E-state index is -0.911. The van der Waals surface area contributed by atoms with Crippen molar-refractivity contribution in [1.29, 1.82) is 0 Å². The standard InChI is InChI=1S/C21H20ClFN2O3/c1-13(21(26)27)9-15-3-8-20(19(23)11-15)28-12-18-10-14(2)24-25(18)17-6-4-16(22)5-7-17/h3-8,10-11,13H,9,12H2,1-2H3,(H,26,27). The molecule has 5 nitrogen and oxygen atoms in total. The lowest BCUT2D eigenvalue weighted by molar-refractivity contribution is -0.141. The van der Waals surface area contributed by atoms with Gasteiger partial charge in [0.15, 0.2) is 11.6 Å². The first kappa shape index (κ1) is 19.9. The topological polar surface area (TPSA) is 64.3 Å². The lowest BCUT2D eigenvalue weighted by atomic mass is 10.0. The van der Waals surface area contributed by atoms with Crippen LogP contribution in [0.1, 0.15) is 23.9 Å². The van der Waals surface area contributed by atoms with Crippen molar-refractivity contribution in [2.75, 3.05) is 0 Å². The summed E-state index contributed by atoms with van der Waals surface area (Å²) in [6, 6.07) is 13.6. The van der Waals surface area contributed by atoms with Crippen LogP contribution in [0.5, 0.6) is 5.75 Å². The molecular weight excluding hydrogens is 383 g/mol. The van der Waals surface area contributed by atoms with Gasteiger partial charge in [0.2, 0.25) is 0 Å². The molecule has 1 unspecified atom stereocenters. The summed E-state index contributed by atoms with van der Waals surface area (Å²) < 4.78 is 21.7. The number of hydrogen-bond donors (Lipinski definition) is 1. The van der Waals surface area contributed by atoms with Crippen molar-refractivity contribution in [2.45, 2.75) is 26.9 Å². The summed E-state index contributed by atoms with van der Waals surface area (Å²) in [5.41, 5.74) is 3.02. The number of nitrogens with zero attached hydrogens (tertiary/aromatic N) is 2. The van der Waals surface area contributed by atoms with Crippen molar-refractivity contribution in [3.8, 4) is 11.4 Å². The summed E-state index contributed by atoms with van der Waals surface area (Å²) in [4.78, 5) is 11.0. The Morgan fingerprint density at radius 1 is 1.25 bits per heavy atom. The largest absolute Gasteiger partial charge is 0.484 e. The Morgan fingerprint density at radius 3 is 2.61 bits per heavy atom. The van der Waals surface area contributed by atoms with Crippen LogP contribution in [0.15, 0.2) is 48.5 Å². The molecule has 0 amide bonds. The molecule has 2 aromatic carbocycles. The molecule has 0 aliphatic carbocycles. The molecule has 0 fully saturated rings. The van der Waals surface area contributed by atoms with E-state index in [4.69, 9.17) is 21.4 Å². The van der Waals surface area contributed by atoms with Gasteiger partial charge in [0.05, 0.1) is 23.0 Å². The molecule has 146 valence electrons. The zero-order valence-corrected chi connectivity index (χ0v) is 16.3. The van der Waals surface area contributed by atoms with E-state index in [1.54, 1.807) is 29.8 Å². The van der Waals surface area contributed by atoms with Crippen LogP contribution in [0.4, 0.5) is 4.39 Å². The third-order valence-electron chi connectivity index (χ3n) is 4.31. The quantitative estimate of drug-likeness (QED) is 0.615. The first-order valence-corrected chi connectivity index (χ1v) is 9.17. The van der Waals surface area contributed by atoms with Gasteiger partial charge in [-0.1, -0.05) is 24.6 Å².